The van der Waals surface area contributed by atoms with Crippen molar-refractivity contribution < 1.29 is 9.18 Å². The normalized spacial score (nSPS) is 10.1. The van der Waals surface area contributed by atoms with Gasteiger partial charge in [-0.15, -0.1) is 0 Å². The topological polar surface area (TPSA) is 36.4 Å². The van der Waals surface area contributed by atoms with E-state index >= 15 is 0 Å². The van der Waals surface area contributed by atoms with E-state index < -0.39 is 5.95 Å². The molecule has 0 spiro atoms. The number of anilines is 1. The molecule has 0 aliphatic carbocycles. The standard InChI is InChI=1S/C12H18FN3O/c1-4-8-16(9-12(17)15(2)3)11-7-5-6-10(13)14-11/h5-7H,4,8-9H2,1-3H3. The zero-order valence-electron chi connectivity index (χ0n) is 10.5. The molecule has 0 radical (unpaired) electrons. The molecule has 1 rings (SSSR count). The number of rotatable bonds is 5. The summed E-state index contributed by atoms with van der Waals surface area (Å²) in [6.45, 7) is 2.90. The summed E-state index contributed by atoms with van der Waals surface area (Å²) >= 11 is 0. The smallest absolute Gasteiger partial charge is 0.241 e. The molecule has 17 heavy (non-hydrogen) atoms. The van der Waals surface area contributed by atoms with E-state index in [-0.39, 0.29) is 12.5 Å². The average molecular weight is 239 g/mol. The molecule has 0 saturated carbocycles. The largest absolute Gasteiger partial charge is 0.347 e. The number of nitrogens with zero attached hydrogens (tertiary/aromatic N) is 3. The van der Waals surface area contributed by atoms with Gasteiger partial charge in [0, 0.05) is 20.6 Å². The molecule has 0 bridgehead atoms. The first-order valence-electron chi connectivity index (χ1n) is 5.62. The summed E-state index contributed by atoms with van der Waals surface area (Å²) in [7, 11) is 3.40. The highest BCUT2D eigenvalue weighted by Gasteiger charge is 2.13. The monoisotopic (exact) mass is 239 g/mol. The Morgan fingerprint density at radius 1 is 1.41 bits per heavy atom. The van der Waals surface area contributed by atoms with Gasteiger partial charge in [-0.3, -0.25) is 4.79 Å². The van der Waals surface area contributed by atoms with Crippen molar-refractivity contribution in [2.45, 2.75) is 13.3 Å². The van der Waals surface area contributed by atoms with Gasteiger partial charge in [0.25, 0.3) is 0 Å². The van der Waals surface area contributed by atoms with Crippen LogP contribution in [0.4, 0.5) is 10.2 Å². The second-order valence-corrected chi connectivity index (χ2v) is 4.03. The zero-order valence-corrected chi connectivity index (χ0v) is 10.5. The molecule has 1 aromatic heterocycles. The maximum atomic E-state index is 13.0. The molecular weight excluding hydrogens is 221 g/mol. The molecule has 0 unspecified atom stereocenters. The lowest BCUT2D eigenvalue weighted by Crippen LogP contribution is -2.37. The third-order valence-electron chi connectivity index (χ3n) is 2.34. The van der Waals surface area contributed by atoms with Crippen LogP contribution < -0.4 is 4.90 Å². The molecule has 0 atom stereocenters. The maximum absolute atomic E-state index is 13.0. The number of aromatic nitrogens is 1. The number of pyridine rings is 1. The van der Waals surface area contributed by atoms with Gasteiger partial charge in [-0.05, 0) is 18.6 Å². The molecule has 0 N–H and O–H groups in total. The highest BCUT2D eigenvalue weighted by atomic mass is 19.1. The molecule has 1 aromatic rings. The van der Waals surface area contributed by atoms with E-state index in [4.69, 9.17) is 0 Å². The summed E-state index contributed by atoms with van der Waals surface area (Å²) in [4.78, 5) is 18.7. The van der Waals surface area contributed by atoms with Crippen molar-refractivity contribution in [3.8, 4) is 0 Å². The minimum absolute atomic E-state index is 0.0236. The Labute approximate surface area is 101 Å². The zero-order chi connectivity index (χ0) is 12.8. The SMILES string of the molecule is CCCN(CC(=O)N(C)C)c1cccc(F)n1. The van der Waals surface area contributed by atoms with Gasteiger partial charge in [0.15, 0.2) is 0 Å². The highest BCUT2D eigenvalue weighted by molar-refractivity contribution is 5.80. The predicted molar refractivity (Wildman–Crippen MR) is 65.4 cm³/mol. The van der Waals surface area contributed by atoms with Crippen LogP contribution in [-0.4, -0.2) is 43.0 Å². The van der Waals surface area contributed by atoms with Gasteiger partial charge >= 0.3 is 0 Å². The summed E-state index contributed by atoms with van der Waals surface area (Å²) in [5.74, 6) is -0.0486. The fraction of sp³-hybridized carbons (Fsp3) is 0.500. The molecule has 0 aliphatic rings. The molecule has 0 saturated heterocycles. The number of halogens is 1. The Bertz CT molecular complexity index is 382. The van der Waals surface area contributed by atoms with Crippen LogP contribution in [0.25, 0.3) is 0 Å². The van der Waals surface area contributed by atoms with Gasteiger partial charge in [-0.1, -0.05) is 13.0 Å². The van der Waals surface area contributed by atoms with Gasteiger partial charge in [0.1, 0.15) is 5.82 Å². The maximum Gasteiger partial charge on any atom is 0.241 e. The van der Waals surface area contributed by atoms with Crippen LogP contribution in [0.1, 0.15) is 13.3 Å². The Balaban J connectivity index is 2.82. The van der Waals surface area contributed by atoms with E-state index in [1.165, 1.54) is 11.0 Å². The van der Waals surface area contributed by atoms with E-state index in [1.807, 2.05) is 6.92 Å². The van der Waals surface area contributed by atoms with Crippen LogP contribution in [0.15, 0.2) is 18.2 Å². The van der Waals surface area contributed by atoms with Crippen molar-refractivity contribution >= 4 is 11.7 Å². The molecule has 5 heteroatoms. The van der Waals surface area contributed by atoms with Gasteiger partial charge in [0.05, 0.1) is 6.54 Å². The van der Waals surface area contributed by atoms with E-state index in [0.717, 1.165) is 6.42 Å². The lowest BCUT2D eigenvalue weighted by atomic mass is 10.3. The highest BCUT2D eigenvalue weighted by Crippen LogP contribution is 2.11. The summed E-state index contributed by atoms with van der Waals surface area (Å²) in [5.41, 5.74) is 0. The van der Waals surface area contributed by atoms with E-state index in [1.54, 1.807) is 31.1 Å². The average Bonchev–Trinajstić information content (AvgIpc) is 2.28. The quantitative estimate of drug-likeness (QED) is 0.731. The van der Waals surface area contributed by atoms with E-state index in [0.29, 0.717) is 12.4 Å². The fourth-order valence-corrected chi connectivity index (χ4v) is 1.42. The van der Waals surface area contributed by atoms with Gasteiger partial charge in [-0.2, -0.15) is 4.39 Å². The lowest BCUT2D eigenvalue weighted by Gasteiger charge is -2.24. The number of hydrogen-bond acceptors (Lipinski definition) is 3. The number of hydrogen-bond donors (Lipinski definition) is 0. The molecule has 4 nitrogen and oxygen atoms in total. The summed E-state index contributed by atoms with van der Waals surface area (Å²) in [6.07, 6.45) is 0.874. The Hall–Kier alpha value is -1.65. The molecular formula is C12H18FN3O. The fourth-order valence-electron chi connectivity index (χ4n) is 1.42. The van der Waals surface area contributed by atoms with Gasteiger partial charge < -0.3 is 9.80 Å². The Kier molecular flexibility index (Phi) is 4.87. The van der Waals surface area contributed by atoms with Crippen LogP contribution >= 0.6 is 0 Å². The molecule has 94 valence electrons. The first-order valence-corrected chi connectivity index (χ1v) is 5.62. The van der Waals surface area contributed by atoms with Crippen LogP contribution in [0, 0.1) is 5.95 Å². The third-order valence-corrected chi connectivity index (χ3v) is 2.34. The summed E-state index contributed by atoms with van der Waals surface area (Å²) in [6, 6.07) is 4.60. The van der Waals surface area contributed by atoms with Crippen LogP contribution in [0.5, 0.6) is 0 Å². The molecule has 0 aliphatic heterocycles. The molecule has 1 heterocycles. The van der Waals surface area contributed by atoms with Gasteiger partial charge in [-0.25, -0.2) is 4.98 Å². The summed E-state index contributed by atoms with van der Waals surface area (Å²) < 4.78 is 13.0. The second kappa shape index (κ2) is 6.18. The second-order valence-electron chi connectivity index (χ2n) is 4.03. The van der Waals surface area contributed by atoms with Crippen molar-refractivity contribution in [3.63, 3.8) is 0 Å². The van der Waals surface area contributed by atoms with Crippen molar-refractivity contribution in [3.05, 3.63) is 24.1 Å². The van der Waals surface area contributed by atoms with Crippen LogP contribution in [0.2, 0.25) is 0 Å². The molecule has 1 amide bonds. The molecule has 0 aromatic carbocycles. The van der Waals surface area contributed by atoms with Crippen molar-refractivity contribution in [2.75, 3.05) is 32.1 Å². The lowest BCUT2D eigenvalue weighted by molar-refractivity contribution is -0.127. The first-order chi connectivity index (χ1) is 8.04. The van der Waals surface area contributed by atoms with E-state index in [2.05, 4.69) is 4.98 Å². The van der Waals surface area contributed by atoms with Crippen molar-refractivity contribution in [1.82, 2.24) is 9.88 Å². The van der Waals surface area contributed by atoms with Crippen molar-refractivity contribution in [2.24, 2.45) is 0 Å². The van der Waals surface area contributed by atoms with Crippen molar-refractivity contribution in [1.29, 1.82) is 0 Å². The minimum Gasteiger partial charge on any atom is -0.347 e. The first kappa shape index (κ1) is 13.4. The number of likely N-dealkylation sites (N-methyl/N-ethyl adjacent to an activating group) is 1. The Morgan fingerprint density at radius 2 is 2.12 bits per heavy atom. The van der Waals surface area contributed by atoms with Crippen LogP contribution in [0.3, 0.4) is 0 Å². The van der Waals surface area contributed by atoms with Gasteiger partial charge in [0.2, 0.25) is 11.9 Å². The molecule has 0 fully saturated rings. The predicted octanol–water partition coefficient (Wildman–Crippen LogP) is 1.53. The Morgan fingerprint density at radius 3 is 2.65 bits per heavy atom. The minimum atomic E-state index is -0.527. The summed E-state index contributed by atoms with van der Waals surface area (Å²) in [5, 5.41) is 0. The number of carbonyl (C=O) groups is 1. The third kappa shape index (κ3) is 4.01. The number of carbonyl (C=O) groups excluding carboxylic acids is 1. The van der Waals surface area contributed by atoms with Crippen LogP contribution in [-0.2, 0) is 4.79 Å². The van der Waals surface area contributed by atoms with E-state index in [9.17, 15) is 9.18 Å². The number of amides is 1.